The van der Waals surface area contributed by atoms with Gasteiger partial charge in [0.15, 0.2) is 0 Å². The smallest absolute Gasteiger partial charge is 0.255 e. The van der Waals surface area contributed by atoms with Crippen LogP contribution in [0.1, 0.15) is 15.9 Å². The quantitative estimate of drug-likeness (QED) is 0.774. The number of hydrogen-bond acceptors (Lipinski definition) is 3. The fourth-order valence-electron chi connectivity index (χ4n) is 2.02. The number of amides is 1. The average molecular weight is 270 g/mol. The maximum Gasteiger partial charge on any atom is 0.255 e. The van der Waals surface area contributed by atoms with Crippen LogP contribution in [0.2, 0.25) is 0 Å². The molecule has 104 valence electrons. The lowest BCUT2D eigenvalue weighted by Crippen LogP contribution is -2.41. The number of phenols is 1. The lowest BCUT2D eigenvalue weighted by Gasteiger charge is -2.17. The van der Waals surface area contributed by atoms with Gasteiger partial charge in [-0.25, -0.2) is 0 Å². The van der Waals surface area contributed by atoms with Crippen molar-refractivity contribution in [3.63, 3.8) is 0 Å². The molecule has 20 heavy (non-hydrogen) atoms. The fraction of sp³-hybridized carbons (Fsp3) is 0.188. The standard InChI is InChI=1S/C16H18N2O2/c17-11-13(10-12-6-2-1-3-7-12)18-16(20)14-8-4-5-9-15(14)19/h1-9,13,19H,10-11,17H2,(H,18,20). The normalized spacial score (nSPS) is 11.8. The van der Waals surface area contributed by atoms with Crippen LogP contribution in [0.5, 0.6) is 5.75 Å². The zero-order valence-corrected chi connectivity index (χ0v) is 11.1. The monoisotopic (exact) mass is 270 g/mol. The first kappa shape index (κ1) is 14.1. The van der Waals surface area contributed by atoms with Gasteiger partial charge in [-0.1, -0.05) is 42.5 Å². The number of nitrogens with one attached hydrogen (secondary N) is 1. The molecule has 0 fully saturated rings. The summed E-state index contributed by atoms with van der Waals surface area (Å²) in [5, 5.41) is 12.5. The Hall–Kier alpha value is -2.33. The van der Waals surface area contributed by atoms with Crippen LogP contribution in [0.15, 0.2) is 54.6 Å². The van der Waals surface area contributed by atoms with E-state index >= 15 is 0 Å². The van der Waals surface area contributed by atoms with E-state index in [-0.39, 0.29) is 23.3 Å². The molecule has 1 amide bonds. The molecule has 0 radical (unpaired) electrons. The highest BCUT2D eigenvalue weighted by molar-refractivity contribution is 5.96. The van der Waals surface area contributed by atoms with Gasteiger partial charge < -0.3 is 16.2 Å². The summed E-state index contributed by atoms with van der Waals surface area (Å²) in [5.41, 5.74) is 7.08. The van der Waals surface area contributed by atoms with Gasteiger partial charge in [0.05, 0.1) is 5.56 Å². The Morgan fingerprint density at radius 1 is 1.10 bits per heavy atom. The van der Waals surface area contributed by atoms with E-state index in [1.165, 1.54) is 6.07 Å². The number of nitrogens with two attached hydrogens (primary N) is 1. The van der Waals surface area contributed by atoms with E-state index in [0.29, 0.717) is 13.0 Å². The molecule has 0 aliphatic carbocycles. The number of hydrogen-bond donors (Lipinski definition) is 3. The van der Waals surface area contributed by atoms with Crippen molar-refractivity contribution in [3.8, 4) is 5.75 Å². The van der Waals surface area contributed by atoms with Gasteiger partial charge in [-0.3, -0.25) is 4.79 Å². The van der Waals surface area contributed by atoms with Crippen LogP contribution >= 0.6 is 0 Å². The van der Waals surface area contributed by atoms with Crippen LogP contribution in [0, 0.1) is 0 Å². The SMILES string of the molecule is NCC(Cc1ccccc1)NC(=O)c1ccccc1O. The maximum atomic E-state index is 12.1. The zero-order chi connectivity index (χ0) is 14.4. The van der Waals surface area contributed by atoms with Crippen molar-refractivity contribution in [2.24, 2.45) is 5.73 Å². The molecule has 1 unspecified atom stereocenters. The Kier molecular flexibility index (Phi) is 4.74. The Morgan fingerprint density at radius 3 is 2.40 bits per heavy atom. The third kappa shape index (κ3) is 3.59. The summed E-state index contributed by atoms with van der Waals surface area (Å²) in [7, 11) is 0. The third-order valence-corrected chi connectivity index (χ3v) is 3.09. The molecular formula is C16H18N2O2. The molecular weight excluding hydrogens is 252 g/mol. The van der Waals surface area contributed by atoms with Crippen molar-refractivity contribution >= 4 is 5.91 Å². The van der Waals surface area contributed by atoms with Crippen molar-refractivity contribution in [1.29, 1.82) is 0 Å². The Balaban J connectivity index is 2.03. The van der Waals surface area contributed by atoms with E-state index < -0.39 is 0 Å². The number of phenolic OH excluding ortho intramolecular Hbond substituents is 1. The number of carbonyl (C=O) groups is 1. The zero-order valence-electron chi connectivity index (χ0n) is 11.1. The molecule has 1 atom stereocenters. The second-order valence-corrected chi connectivity index (χ2v) is 4.61. The molecule has 2 rings (SSSR count). The molecule has 2 aromatic carbocycles. The van der Waals surface area contributed by atoms with Gasteiger partial charge in [0.2, 0.25) is 0 Å². The molecule has 0 spiro atoms. The minimum Gasteiger partial charge on any atom is -0.507 e. The van der Waals surface area contributed by atoms with Crippen molar-refractivity contribution < 1.29 is 9.90 Å². The molecule has 4 N–H and O–H groups in total. The van der Waals surface area contributed by atoms with Crippen molar-refractivity contribution in [2.45, 2.75) is 12.5 Å². The number of carbonyl (C=O) groups excluding carboxylic acids is 1. The molecule has 0 aliphatic rings. The van der Waals surface area contributed by atoms with Gasteiger partial charge in [0.1, 0.15) is 5.75 Å². The predicted octanol–water partition coefficient (Wildman–Crippen LogP) is 1.69. The summed E-state index contributed by atoms with van der Waals surface area (Å²) in [6.45, 7) is 0.341. The molecule has 0 bridgehead atoms. The first-order valence-electron chi connectivity index (χ1n) is 6.53. The van der Waals surface area contributed by atoms with Gasteiger partial charge in [-0.15, -0.1) is 0 Å². The van der Waals surface area contributed by atoms with Gasteiger partial charge >= 0.3 is 0 Å². The van der Waals surface area contributed by atoms with Crippen molar-refractivity contribution in [1.82, 2.24) is 5.32 Å². The number of aromatic hydroxyl groups is 1. The van der Waals surface area contributed by atoms with Crippen LogP contribution in [0.4, 0.5) is 0 Å². The van der Waals surface area contributed by atoms with Crippen LogP contribution in [-0.2, 0) is 6.42 Å². The minimum absolute atomic E-state index is 0.0273. The summed E-state index contributed by atoms with van der Waals surface area (Å²) in [4.78, 5) is 12.1. The number of rotatable bonds is 5. The molecule has 4 heteroatoms. The van der Waals surface area contributed by atoms with Crippen LogP contribution in [0.25, 0.3) is 0 Å². The molecule has 0 aliphatic heterocycles. The predicted molar refractivity (Wildman–Crippen MR) is 78.6 cm³/mol. The van der Waals surface area contributed by atoms with E-state index in [4.69, 9.17) is 5.73 Å². The molecule has 0 heterocycles. The molecule has 0 saturated carbocycles. The van der Waals surface area contributed by atoms with E-state index in [0.717, 1.165) is 5.56 Å². The lowest BCUT2D eigenvalue weighted by atomic mass is 10.1. The van der Waals surface area contributed by atoms with Crippen LogP contribution in [0.3, 0.4) is 0 Å². The third-order valence-electron chi connectivity index (χ3n) is 3.09. The van der Waals surface area contributed by atoms with Crippen LogP contribution in [-0.4, -0.2) is 23.6 Å². The summed E-state index contributed by atoms with van der Waals surface area (Å²) in [5.74, 6) is -0.338. The second kappa shape index (κ2) is 6.73. The van der Waals surface area contributed by atoms with Gasteiger partial charge in [-0.05, 0) is 24.1 Å². The maximum absolute atomic E-state index is 12.1. The Labute approximate surface area is 118 Å². The van der Waals surface area contributed by atoms with Crippen molar-refractivity contribution in [2.75, 3.05) is 6.54 Å². The Morgan fingerprint density at radius 2 is 1.75 bits per heavy atom. The summed E-state index contributed by atoms with van der Waals surface area (Å²) in [6.07, 6.45) is 0.663. The van der Waals surface area contributed by atoms with Gasteiger partial charge in [-0.2, -0.15) is 0 Å². The molecule has 4 nitrogen and oxygen atoms in total. The topological polar surface area (TPSA) is 75.3 Å². The molecule has 2 aromatic rings. The number of para-hydroxylation sites is 1. The van der Waals surface area contributed by atoms with E-state index in [2.05, 4.69) is 5.32 Å². The summed E-state index contributed by atoms with van der Waals surface area (Å²) >= 11 is 0. The van der Waals surface area contributed by atoms with E-state index in [1.54, 1.807) is 18.2 Å². The Bertz CT molecular complexity index is 570. The van der Waals surface area contributed by atoms with Gasteiger partial charge in [0.25, 0.3) is 5.91 Å². The van der Waals surface area contributed by atoms with Gasteiger partial charge in [0, 0.05) is 12.6 Å². The van der Waals surface area contributed by atoms with E-state index in [1.807, 2.05) is 30.3 Å². The van der Waals surface area contributed by atoms with Crippen LogP contribution < -0.4 is 11.1 Å². The largest absolute Gasteiger partial charge is 0.507 e. The second-order valence-electron chi connectivity index (χ2n) is 4.61. The highest BCUT2D eigenvalue weighted by Crippen LogP contribution is 2.15. The average Bonchev–Trinajstić information content (AvgIpc) is 2.48. The summed E-state index contributed by atoms with van der Waals surface area (Å²) in [6, 6.07) is 16.1. The lowest BCUT2D eigenvalue weighted by molar-refractivity contribution is 0.0935. The first-order chi connectivity index (χ1) is 9.70. The number of benzene rings is 2. The van der Waals surface area contributed by atoms with E-state index in [9.17, 15) is 9.90 Å². The van der Waals surface area contributed by atoms with Crippen molar-refractivity contribution in [3.05, 3.63) is 65.7 Å². The first-order valence-corrected chi connectivity index (χ1v) is 6.53. The highest BCUT2D eigenvalue weighted by atomic mass is 16.3. The highest BCUT2D eigenvalue weighted by Gasteiger charge is 2.15. The molecule has 0 aromatic heterocycles. The summed E-state index contributed by atoms with van der Waals surface area (Å²) < 4.78 is 0. The minimum atomic E-state index is -0.311. The molecule has 0 saturated heterocycles. The fourth-order valence-corrected chi connectivity index (χ4v) is 2.02.